The van der Waals surface area contributed by atoms with E-state index in [1.165, 1.54) is 6.39 Å². The van der Waals surface area contributed by atoms with Gasteiger partial charge in [0, 0.05) is 25.3 Å². The number of rotatable bonds is 4. The van der Waals surface area contributed by atoms with Crippen molar-refractivity contribution in [3.63, 3.8) is 0 Å². The Labute approximate surface area is 148 Å². The fourth-order valence-electron chi connectivity index (χ4n) is 2.93. The molecule has 1 aliphatic rings. The molecule has 3 rings (SSSR count). The van der Waals surface area contributed by atoms with Gasteiger partial charge < -0.3 is 19.4 Å². The van der Waals surface area contributed by atoms with Crippen molar-refractivity contribution in [2.24, 2.45) is 5.92 Å². The molecule has 2 aromatic rings. The lowest BCUT2D eigenvalue weighted by Crippen LogP contribution is -2.44. The number of nitrogens with zero attached hydrogens (tertiary/aromatic N) is 2. The van der Waals surface area contributed by atoms with Crippen LogP contribution in [0.2, 0.25) is 0 Å². The van der Waals surface area contributed by atoms with Crippen molar-refractivity contribution < 1.29 is 13.9 Å². The van der Waals surface area contributed by atoms with Crippen LogP contribution >= 0.6 is 0 Å². The second-order valence-electron chi connectivity index (χ2n) is 6.61. The third kappa shape index (κ3) is 4.39. The topological polar surface area (TPSA) is 67.6 Å². The van der Waals surface area contributed by atoms with Crippen LogP contribution in [0.1, 0.15) is 26.0 Å². The number of nitrogens with one attached hydrogen (secondary N) is 1. The van der Waals surface area contributed by atoms with E-state index in [9.17, 15) is 4.79 Å². The number of benzene rings is 1. The molecule has 1 saturated heterocycles. The Morgan fingerprint density at radius 3 is 2.92 bits per heavy atom. The minimum Gasteiger partial charge on any atom is -0.443 e. The molecule has 6 nitrogen and oxygen atoms in total. The molecule has 1 aromatic carbocycles. The highest BCUT2D eigenvalue weighted by atomic mass is 16.5. The van der Waals surface area contributed by atoms with Gasteiger partial charge >= 0.3 is 6.03 Å². The van der Waals surface area contributed by atoms with Gasteiger partial charge in [-0.2, -0.15) is 0 Å². The van der Waals surface area contributed by atoms with Gasteiger partial charge in [0.25, 0.3) is 0 Å². The Morgan fingerprint density at radius 1 is 1.36 bits per heavy atom. The molecule has 0 bridgehead atoms. The normalized spacial score (nSPS) is 18.2. The molecule has 25 heavy (non-hydrogen) atoms. The van der Waals surface area contributed by atoms with E-state index in [1.807, 2.05) is 35.2 Å². The maximum atomic E-state index is 12.6. The minimum atomic E-state index is -0.0850. The van der Waals surface area contributed by atoms with E-state index in [2.05, 4.69) is 24.1 Å². The fraction of sp³-hybridized carbons (Fsp3) is 0.474. The summed E-state index contributed by atoms with van der Waals surface area (Å²) in [5, 5.41) is 2.96. The van der Waals surface area contributed by atoms with Crippen LogP contribution in [0, 0.1) is 5.92 Å². The van der Waals surface area contributed by atoms with Crippen molar-refractivity contribution in [3.8, 4) is 11.3 Å². The van der Waals surface area contributed by atoms with Gasteiger partial charge in [0.1, 0.15) is 5.69 Å². The second kappa shape index (κ2) is 8.16. The first-order valence-corrected chi connectivity index (χ1v) is 8.77. The maximum Gasteiger partial charge on any atom is 0.317 e. The molecular formula is C19H25N3O3. The minimum absolute atomic E-state index is 0.0835. The summed E-state index contributed by atoms with van der Waals surface area (Å²) in [6, 6.07) is 9.69. The Kier molecular flexibility index (Phi) is 5.71. The van der Waals surface area contributed by atoms with Gasteiger partial charge in [-0.05, 0) is 12.3 Å². The summed E-state index contributed by atoms with van der Waals surface area (Å²) in [4.78, 5) is 18.6. The van der Waals surface area contributed by atoms with Crippen LogP contribution in [0.4, 0.5) is 4.79 Å². The van der Waals surface area contributed by atoms with E-state index < -0.39 is 0 Å². The lowest BCUT2D eigenvalue weighted by Gasteiger charge is -2.26. The van der Waals surface area contributed by atoms with Crippen molar-refractivity contribution in [2.45, 2.75) is 32.9 Å². The van der Waals surface area contributed by atoms with Gasteiger partial charge in [0.05, 0.1) is 12.6 Å². The number of hydrogen-bond acceptors (Lipinski definition) is 4. The number of carbonyl (C=O) groups excluding carboxylic acids is 1. The molecule has 1 atom stereocenters. The average Bonchev–Trinajstić information content (AvgIpc) is 2.95. The molecule has 2 heterocycles. The van der Waals surface area contributed by atoms with Crippen molar-refractivity contribution in [1.29, 1.82) is 0 Å². The summed E-state index contributed by atoms with van der Waals surface area (Å²) in [5.74, 6) is 1.08. The lowest BCUT2D eigenvalue weighted by atomic mass is 10.1. The molecule has 0 radical (unpaired) electrons. The number of hydrogen-bond donors (Lipinski definition) is 1. The molecule has 0 saturated carbocycles. The zero-order valence-electron chi connectivity index (χ0n) is 14.8. The van der Waals surface area contributed by atoms with Crippen molar-refractivity contribution in [1.82, 2.24) is 15.2 Å². The number of oxazole rings is 1. The van der Waals surface area contributed by atoms with Crippen molar-refractivity contribution in [3.05, 3.63) is 42.4 Å². The van der Waals surface area contributed by atoms with E-state index in [4.69, 9.17) is 9.15 Å². The molecule has 0 aliphatic carbocycles. The zero-order chi connectivity index (χ0) is 17.6. The summed E-state index contributed by atoms with van der Waals surface area (Å²) in [6.45, 7) is 6.60. The van der Waals surface area contributed by atoms with Gasteiger partial charge in [0.2, 0.25) is 0 Å². The first-order valence-electron chi connectivity index (χ1n) is 8.77. The predicted octanol–water partition coefficient (Wildman–Crippen LogP) is 3.30. The van der Waals surface area contributed by atoms with Crippen LogP contribution in [0.15, 0.2) is 41.1 Å². The Bertz CT molecular complexity index is 684. The molecule has 0 spiro atoms. The van der Waals surface area contributed by atoms with E-state index in [0.717, 1.165) is 17.7 Å². The number of amides is 2. The SMILES string of the molecule is CC(C)[C@H]1CN(C(=O)NCc2ncoc2-c2ccccc2)CCCO1. The molecule has 2 amide bonds. The third-order valence-electron chi connectivity index (χ3n) is 4.42. The molecule has 1 fully saturated rings. The van der Waals surface area contributed by atoms with Gasteiger partial charge in [-0.15, -0.1) is 0 Å². The summed E-state index contributed by atoms with van der Waals surface area (Å²) in [7, 11) is 0. The van der Waals surface area contributed by atoms with Gasteiger partial charge in [-0.3, -0.25) is 0 Å². The van der Waals surface area contributed by atoms with Gasteiger partial charge in [-0.1, -0.05) is 44.2 Å². The van der Waals surface area contributed by atoms with Crippen molar-refractivity contribution >= 4 is 6.03 Å². The number of ether oxygens (including phenoxy) is 1. The highest BCUT2D eigenvalue weighted by Crippen LogP contribution is 2.22. The number of urea groups is 1. The summed E-state index contributed by atoms with van der Waals surface area (Å²) < 4.78 is 11.3. The quantitative estimate of drug-likeness (QED) is 0.925. The Balaban J connectivity index is 1.62. The van der Waals surface area contributed by atoms with Gasteiger partial charge in [-0.25, -0.2) is 9.78 Å². The average molecular weight is 343 g/mol. The van der Waals surface area contributed by atoms with Crippen LogP contribution in [0.25, 0.3) is 11.3 Å². The molecule has 1 aliphatic heterocycles. The molecule has 134 valence electrons. The van der Waals surface area contributed by atoms with E-state index in [-0.39, 0.29) is 12.1 Å². The summed E-state index contributed by atoms with van der Waals surface area (Å²) >= 11 is 0. The first kappa shape index (κ1) is 17.5. The van der Waals surface area contributed by atoms with Gasteiger partial charge in [0.15, 0.2) is 12.2 Å². The van der Waals surface area contributed by atoms with E-state index >= 15 is 0 Å². The van der Waals surface area contributed by atoms with Crippen molar-refractivity contribution in [2.75, 3.05) is 19.7 Å². The van der Waals surface area contributed by atoms with Crippen LogP contribution < -0.4 is 5.32 Å². The molecule has 1 N–H and O–H groups in total. The maximum absolute atomic E-state index is 12.6. The fourth-order valence-corrected chi connectivity index (χ4v) is 2.93. The number of aromatic nitrogens is 1. The summed E-state index contributed by atoms with van der Waals surface area (Å²) in [5.41, 5.74) is 1.68. The Hall–Kier alpha value is -2.34. The smallest absolute Gasteiger partial charge is 0.317 e. The highest BCUT2D eigenvalue weighted by Gasteiger charge is 2.24. The van der Waals surface area contributed by atoms with Crippen LogP contribution in [0.5, 0.6) is 0 Å². The van der Waals surface area contributed by atoms with E-state index in [1.54, 1.807) is 0 Å². The standard InChI is InChI=1S/C19H25N3O3/c1-14(2)17-12-22(9-6-10-24-17)19(23)20-11-16-18(25-13-21-16)15-7-4-3-5-8-15/h3-5,7-8,13-14,17H,6,9-12H2,1-2H3,(H,20,23)/t17-/m1/s1. The van der Waals surface area contributed by atoms with Crippen LogP contribution in [0.3, 0.4) is 0 Å². The van der Waals surface area contributed by atoms with Crippen LogP contribution in [-0.2, 0) is 11.3 Å². The predicted molar refractivity (Wildman–Crippen MR) is 94.9 cm³/mol. The molecule has 0 unspecified atom stereocenters. The zero-order valence-corrected chi connectivity index (χ0v) is 14.8. The second-order valence-corrected chi connectivity index (χ2v) is 6.61. The highest BCUT2D eigenvalue weighted by molar-refractivity contribution is 5.74. The number of carbonyl (C=O) groups is 1. The lowest BCUT2D eigenvalue weighted by molar-refractivity contribution is 0.0267. The third-order valence-corrected chi connectivity index (χ3v) is 4.42. The largest absolute Gasteiger partial charge is 0.443 e. The molecule has 6 heteroatoms. The summed E-state index contributed by atoms with van der Waals surface area (Å²) in [6.07, 6.45) is 2.36. The first-order chi connectivity index (χ1) is 12.1. The van der Waals surface area contributed by atoms with Crippen LogP contribution in [-0.4, -0.2) is 41.7 Å². The van der Waals surface area contributed by atoms with E-state index in [0.29, 0.717) is 37.9 Å². The molecular weight excluding hydrogens is 318 g/mol. The Morgan fingerprint density at radius 2 is 2.16 bits per heavy atom. The monoisotopic (exact) mass is 343 g/mol. The molecule has 1 aromatic heterocycles.